The smallest absolute Gasteiger partial charge is 0.123 e. The minimum Gasteiger partial charge on any atom is -0.496 e. The Morgan fingerprint density at radius 3 is 2.91 bits per heavy atom. The summed E-state index contributed by atoms with van der Waals surface area (Å²) in [6.45, 7) is 3.79. The molecule has 2 heterocycles. The van der Waals surface area contributed by atoms with Crippen LogP contribution in [0.25, 0.3) is 0 Å². The van der Waals surface area contributed by atoms with Crippen LogP contribution in [0.1, 0.15) is 29.0 Å². The zero-order valence-corrected chi connectivity index (χ0v) is 14.2. The normalized spacial score (nSPS) is 12.3. The fourth-order valence-corrected chi connectivity index (χ4v) is 3.20. The average molecular weight is 327 g/mol. The zero-order valence-electron chi connectivity index (χ0n) is 13.4. The molecule has 1 atom stereocenters. The Morgan fingerprint density at radius 2 is 2.22 bits per heavy atom. The lowest BCUT2D eigenvalue weighted by molar-refractivity contribution is 0.406. The first-order valence-corrected chi connectivity index (χ1v) is 8.54. The molecule has 0 fully saturated rings. The van der Waals surface area contributed by atoms with Gasteiger partial charge in [-0.3, -0.25) is 4.68 Å². The van der Waals surface area contributed by atoms with Crippen LogP contribution in [0.4, 0.5) is 0 Å². The predicted octanol–water partition coefficient (Wildman–Crippen LogP) is 3.85. The summed E-state index contributed by atoms with van der Waals surface area (Å²) in [6.07, 6.45) is 3.76. The van der Waals surface area contributed by atoms with E-state index in [-0.39, 0.29) is 6.04 Å². The van der Waals surface area contributed by atoms with Gasteiger partial charge in [-0.05, 0) is 42.1 Å². The number of methoxy groups -OCH3 is 1. The van der Waals surface area contributed by atoms with E-state index < -0.39 is 0 Å². The topological polar surface area (TPSA) is 39.1 Å². The Bertz CT molecular complexity index is 723. The zero-order chi connectivity index (χ0) is 16.1. The van der Waals surface area contributed by atoms with Crippen LogP contribution in [0, 0.1) is 0 Å². The van der Waals surface area contributed by atoms with Crippen molar-refractivity contribution in [3.05, 3.63) is 70.2 Å². The van der Waals surface area contributed by atoms with Crippen molar-refractivity contribution in [2.75, 3.05) is 7.11 Å². The van der Waals surface area contributed by atoms with Gasteiger partial charge in [0.1, 0.15) is 5.75 Å². The summed E-state index contributed by atoms with van der Waals surface area (Å²) in [5.74, 6) is 0.898. The molecule has 2 aromatic heterocycles. The van der Waals surface area contributed by atoms with Gasteiger partial charge in [0, 0.05) is 35.4 Å². The average Bonchev–Trinajstić information content (AvgIpc) is 3.26. The van der Waals surface area contributed by atoms with E-state index in [9.17, 15) is 0 Å². The molecule has 0 aliphatic carbocycles. The number of nitrogens with zero attached hydrogens (tertiary/aromatic N) is 2. The molecule has 4 nitrogen and oxygen atoms in total. The molecule has 0 radical (unpaired) electrons. The van der Waals surface area contributed by atoms with E-state index in [2.05, 4.69) is 47.0 Å². The van der Waals surface area contributed by atoms with Gasteiger partial charge >= 0.3 is 0 Å². The molecule has 1 aromatic carbocycles. The van der Waals surface area contributed by atoms with E-state index in [0.717, 1.165) is 17.9 Å². The lowest BCUT2D eigenvalue weighted by Gasteiger charge is -2.17. The van der Waals surface area contributed by atoms with Crippen molar-refractivity contribution in [1.82, 2.24) is 15.1 Å². The SMILES string of the molecule is COc1ccc(C(C)NCc2cccs2)cc1Cn1cccn1. The molecule has 120 valence electrons. The van der Waals surface area contributed by atoms with E-state index in [1.807, 2.05) is 23.0 Å². The molecule has 1 N–H and O–H groups in total. The molecule has 0 spiro atoms. The summed E-state index contributed by atoms with van der Waals surface area (Å²) in [5.41, 5.74) is 2.39. The van der Waals surface area contributed by atoms with Crippen molar-refractivity contribution < 1.29 is 4.74 Å². The lowest BCUT2D eigenvalue weighted by Crippen LogP contribution is -2.18. The van der Waals surface area contributed by atoms with Gasteiger partial charge in [0.25, 0.3) is 0 Å². The molecule has 0 bridgehead atoms. The first-order valence-electron chi connectivity index (χ1n) is 7.66. The molecule has 0 aliphatic rings. The molecule has 0 amide bonds. The number of hydrogen-bond donors (Lipinski definition) is 1. The Morgan fingerprint density at radius 1 is 1.30 bits per heavy atom. The second-order valence-electron chi connectivity index (χ2n) is 5.46. The fourth-order valence-electron chi connectivity index (χ4n) is 2.54. The molecular weight excluding hydrogens is 306 g/mol. The van der Waals surface area contributed by atoms with Gasteiger partial charge < -0.3 is 10.1 Å². The van der Waals surface area contributed by atoms with Gasteiger partial charge in [0.05, 0.1) is 13.7 Å². The van der Waals surface area contributed by atoms with E-state index in [4.69, 9.17) is 4.74 Å². The summed E-state index contributed by atoms with van der Waals surface area (Å²) in [5, 5.41) is 9.96. The maximum atomic E-state index is 5.49. The van der Waals surface area contributed by atoms with Crippen LogP contribution in [-0.4, -0.2) is 16.9 Å². The second kappa shape index (κ2) is 7.44. The van der Waals surface area contributed by atoms with E-state index >= 15 is 0 Å². The van der Waals surface area contributed by atoms with E-state index in [0.29, 0.717) is 6.54 Å². The summed E-state index contributed by atoms with van der Waals surface area (Å²) < 4.78 is 7.40. The molecule has 0 saturated carbocycles. The van der Waals surface area contributed by atoms with Crippen molar-refractivity contribution >= 4 is 11.3 Å². The predicted molar refractivity (Wildman–Crippen MR) is 93.9 cm³/mol. The standard InChI is InChI=1S/C18H21N3OS/c1-14(19-12-17-5-3-10-23-17)15-6-7-18(22-2)16(11-15)13-21-9-4-8-20-21/h3-11,14,19H,12-13H2,1-2H3. The number of ether oxygens (including phenoxy) is 1. The Kier molecular flexibility index (Phi) is 5.10. The Hall–Kier alpha value is -2.11. The van der Waals surface area contributed by atoms with Crippen LogP contribution in [-0.2, 0) is 13.1 Å². The van der Waals surface area contributed by atoms with Crippen LogP contribution >= 0.6 is 11.3 Å². The number of nitrogens with one attached hydrogen (secondary N) is 1. The Labute approximate surface area is 140 Å². The van der Waals surface area contributed by atoms with Crippen LogP contribution in [0.15, 0.2) is 54.2 Å². The van der Waals surface area contributed by atoms with Gasteiger partial charge in [0.2, 0.25) is 0 Å². The largest absolute Gasteiger partial charge is 0.496 e. The van der Waals surface area contributed by atoms with Gasteiger partial charge in [-0.15, -0.1) is 11.3 Å². The Balaban J connectivity index is 1.73. The van der Waals surface area contributed by atoms with Crippen molar-refractivity contribution in [2.24, 2.45) is 0 Å². The lowest BCUT2D eigenvalue weighted by atomic mass is 10.0. The number of rotatable bonds is 7. The first kappa shape index (κ1) is 15.8. The third-order valence-electron chi connectivity index (χ3n) is 3.86. The maximum absolute atomic E-state index is 5.49. The van der Waals surface area contributed by atoms with E-state index in [1.165, 1.54) is 10.4 Å². The molecule has 1 unspecified atom stereocenters. The number of hydrogen-bond acceptors (Lipinski definition) is 4. The summed E-state index contributed by atoms with van der Waals surface area (Å²) >= 11 is 1.78. The van der Waals surface area contributed by atoms with Crippen LogP contribution < -0.4 is 10.1 Å². The molecular formula is C18H21N3OS. The monoisotopic (exact) mass is 327 g/mol. The van der Waals surface area contributed by atoms with Gasteiger partial charge in [-0.2, -0.15) is 5.10 Å². The van der Waals surface area contributed by atoms with Gasteiger partial charge in [-0.25, -0.2) is 0 Å². The third kappa shape index (κ3) is 4.00. The van der Waals surface area contributed by atoms with Crippen molar-refractivity contribution in [2.45, 2.75) is 26.1 Å². The van der Waals surface area contributed by atoms with Crippen molar-refractivity contribution in [1.29, 1.82) is 0 Å². The highest BCUT2D eigenvalue weighted by Crippen LogP contribution is 2.24. The maximum Gasteiger partial charge on any atom is 0.123 e. The minimum atomic E-state index is 0.277. The molecule has 3 aromatic rings. The van der Waals surface area contributed by atoms with Crippen molar-refractivity contribution in [3.63, 3.8) is 0 Å². The second-order valence-corrected chi connectivity index (χ2v) is 6.49. The number of aromatic nitrogens is 2. The highest BCUT2D eigenvalue weighted by atomic mass is 32.1. The summed E-state index contributed by atoms with van der Waals surface area (Å²) in [6, 6.07) is 12.8. The highest BCUT2D eigenvalue weighted by molar-refractivity contribution is 7.09. The van der Waals surface area contributed by atoms with Crippen LogP contribution in [0.5, 0.6) is 5.75 Å². The molecule has 5 heteroatoms. The van der Waals surface area contributed by atoms with Gasteiger partial charge in [0.15, 0.2) is 0 Å². The number of benzene rings is 1. The third-order valence-corrected chi connectivity index (χ3v) is 4.73. The van der Waals surface area contributed by atoms with E-state index in [1.54, 1.807) is 24.6 Å². The van der Waals surface area contributed by atoms with Crippen LogP contribution in [0.3, 0.4) is 0 Å². The molecule has 3 rings (SSSR count). The summed E-state index contributed by atoms with van der Waals surface area (Å²) in [4.78, 5) is 1.35. The van der Waals surface area contributed by atoms with Gasteiger partial charge in [-0.1, -0.05) is 12.1 Å². The van der Waals surface area contributed by atoms with Crippen LogP contribution in [0.2, 0.25) is 0 Å². The molecule has 0 aliphatic heterocycles. The fraction of sp³-hybridized carbons (Fsp3) is 0.278. The highest BCUT2D eigenvalue weighted by Gasteiger charge is 2.10. The summed E-state index contributed by atoms with van der Waals surface area (Å²) in [7, 11) is 1.71. The molecule has 23 heavy (non-hydrogen) atoms. The number of thiophene rings is 1. The van der Waals surface area contributed by atoms with Crippen molar-refractivity contribution in [3.8, 4) is 5.75 Å². The molecule has 0 saturated heterocycles. The first-order chi connectivity index (χ1) is 11.3. The quantitative estimate of drug-likeness (QED) is 0.716. The minimum absolute atomic E-state index is 0.277.